The summed E-state index contributed by atoms with van der Waals surface area (Å²) in [5.74, 6) is 0. The molecule has 0 spiro atoms. The maximum atomic E-state index is 8.00. The molecule has 0 radical (unpaired) electrons. The molecule has 1 nitrogen and oxygen atoms in total. The van der Waals surface area contributed by atoms with E-state index in [-0.39, 0.29) is 0 Å². The van der Waals surface area contributed by atoms with Crippen LogP contribution in [-0.4, -0.2) is 16.3 Å². The van der Waals surface area contributed by atoms with E-state index in [9.17, 15) is 0 Å². The Morgan fingerprint density at radius 1 is 1.40 bits per heavy atom. The van der Waals surface area contributed by atoms with E-state index in [0.29, 0.717) is 9.52 Å². The van der Waals surface area contributed by atoms with Gasteiger partial charge in [-0.1, -0.05) is 13.1 Å². The van der Waals surface area contributed by atoms with Gasteiger partial charge >= 0.3 is 0 Å². The van der Waals surface area contributed by atoms with E-state index in [2.05, 4.69) is 13.1 Å². The minimum atomic E-state index is 0.417. The van der Waals surface area contributed by atoms with Crippen LogP contribution >= 0.6 is 0 Å². The monoisotopic (exact) mass is 90.1 g/mol. The molecule has 0 aromatic rings. The van der Waals surface area contributed by atoms with Gasteiger partial charge in [0.05, 0.1) is 0 Å². The molecule has 2 heteroatoms. The zero-order valence-corrected chi connectivity index (χ0v) is 5.24. The quantitative estimate of drug-likeness (QED) is 0.385. The van der Waals surface area contributed by atoms with Crippen molar-refractivity contribution in [2.75, 3.05) is 0 Å². The molecule has 32 valence electrons. The average molecular weight is 90.2 g/mol. The van der Waals surface area contributed by atoms with Gasteiger partial charge in [-0.25, -0.2) is 0 Å². The van der Waals surface area contributed by atoms with Crippen molar-refractivity contribution in [3.05, 3.63) is 0 Å². The molecular weight excluding hydrogens is 80.1 g/mol. The summed E-state index contributed by atoms with van der Waals surface area (Å²) in [5.41, 5.74) is 0. The molecule has 0 rings (SSSR count). The third kappa shape index (κ3) is 1080. The van der Waals surface area contributed by atoms with Crippen molar-refractivity contribution in [2.45, 2.75) is 13.1 Å². The molecule has 0 bridgehead atoms. The Bertz CT molecular complexity index is 10.9. The van der Waals surface area contributed by atoms with Gasteiger partial charge in [0.15, 0.2) is 0 Å². The van der Waals surface area contributed by atoms with Crippen LogP contribution in [0.3, 0.4) is 0 Å². The molecule has 0 aliphatic carbocycles. The second-order valence-corrected chi connectivity index (χ2v) is 2.12. The van der Waals surface area contributed by atoms with Gasteiger partial charge < -0.3 is 4.79 Å². The number of carbonyl (C=O) groups excluding carboxylic acids is 1. The van der Waals surface area contributed by atoms with Gasteiger partial charge in [0.2, 0.25) is 0 Å². The first-order valence-corrected chi connectivity index (χ1v) is 4.53. The first kappa shape index (κ1) is 8.86. The van der Waals surface area contributed by atoms with E-state index in [1.54, 1.807) is 0 Å². The highest BCUT2D eigenvalue weighted by Crippen LogP contribution is 1.36. The minimum absolute atomic E-state index is 0.417. The summed E-state index contributed by atoms with van der Waals surface area (Å²) in [5, 5.41) is 0. The van der Waals surface area contributed by atoms with Gasteiger partial charge in [-0.15, -0.1) is 0 Å². The lowest BCUT2D eigenvalue weighted by Crippen LogP contribution is -1.53. The van der Waals surface area contributed by atoms with Gasteiger partial charge in [-0.3, -0.25) is 0 Å². The fourth-order valence-electron chi connectivity index (χ4n) is 0. The highest BCUT2D eigenvalue weighted by atomic mass is 28.2. The molecule has 0 saturated carbocycles. The molecule has 0 aliphatic rings. The molecule has 0 aromatic heterocycles. The lowest BCUT2D eigenvalue weighted by Gasteiger charge is -1.45. The molecule has 0 amide bonds. The van der Waals surface area contributed by atoms with Crippen LogP contribution in [0.15, 0.2) is 0 Å². The summed E-state index contributed by atoms with van der Waals surface area (Å²) >= 11 is 0. The Morgan fingerprint density at radius 2 is 1.40 bits per heavy atom. The van der Waals surface area contributed by atoms with Crippen molar-refractivity contribution in [2.24, 2.45) is 0 Å². The number of rotatable bonds is 0. The lowest BCUT2D eigenvalue weighted by atomic mass is 11.9. The molecule has 0 fully saturated rings. The largest absolute Gasteiger partial charge is 0.307 e. The predicted molar refractivity (Wildman–Crippen MR) is 27.4 cm³/mol. The van der Waals surface area contributed by atoms with E-state index < -0.39 is 0 Å². The molecule has 0 saturated heterocycles. The summed E-state index contributed by atoms with van der Waals surface area (Å²) < 4.78 is 0. The van der Waals surface area contributed by atoms with Crippen LogP contribution < -0.4 is 0 Å². The van der Waals surface area contributed by atoms with Crippen LogP contribution in [0.2, 0.25) is 13.1 Å². The topological polar surface area (TPSA) is 17.1 Å². The molecular formula is C3H10OSi. The second kappa shape index (κ2) is 41.2. The van der Waals surface area contributed by atoms with Crippen molar-refractivity contribution in [1.29, 1.82) is 0 Å². The van der Waals surface area contributed by atoms with E-state index in [4.69, 9.17) is 4.79 Å². The molecule has 0 atom stereocenters. The Hall–Kier alpha value is -0.113. The van der Waals surface area contributed by atoms with Crippen LogP contribution in [0.1, 0.15) is 0 Å². The zero-order chi connectivity index (χ0) is 4.71. The van der Waals surface area contributed by atoms with Crippen molar-refractivity contribution >= 4 is 16.3 Å². The van der Waals surface area contributed by atoms with Gasteiger partial charge in [0.1, 0.15) is 6.79 Å². The molecule has 0 N–H and O–H groups in total. The van der Waals surface area contributed by atoms with Gasteiger partial charge in [-0.2, -0.15) is 0 Å². The Morgan fingerprint density at radius 3 is 1.40 bits per heavy atom. The third-order valence-corrected chi connectivity index (χ3v) is 0. The zero-order valence-electron chi connectivity index (χ0n) is 3.82. The second-order valence-electron chi connectivity index (χ2n) is 0.707. The molecule has 5 heavy (non-hydrogen) atoms. The van der Waals surface area contributed by atoms with Crippen molar-refractivity contribution in [3.63, 3.8) is 0 Å². The Balaban J connectivity index is 0. The third-order valence-electron chi connectivity index (χ3n) is 0. The number of carbonyl (C=O) groups is 1. The van der Waals surface area contributed by atoms with Gasteiger partial charge in [-0.05, 0) is 0 Å². The smallest absolute Gasteiger partial charge is 0.106 e. The van der Waals surface area contributed by atoms with E-state index in [0.717, 1.165) is 0 Å². The highest BCUT2D eigenvalue weighted by molar-refractivity contribution is 6.31. The van der Waals surface area contributed by atoms with E-state index >= 15 is 0 Å². The minimum Gasteiger partial charge on any atom is -0.307 e. The standard InChI is InChI=1S/C2H8Si.CH2O/c1-3-2;1-2/h3H2,1-2H3;1H2. The fourth-order valence-corrected chi connectivity index (χ4v) is 0. The van der Waals surface area contributed by atoms with Crippen LogP contribution in [0.4, 0.5) is 0 Å². The maximum Gasteiger partial charge on any atom is 0.106 e. The van der Waals surface area contributed by atoms with Crippen molar-refractivity contribution in [1.82, 2.24) is 0 Å². The predicted octanol–water partition coefficient (Wildman–Crippen LogP) is 0.0665. The van der Waals surface area contributed by atoms with E-state index in [1.165, 1.54) is 0 Å². The van der Waals surface area contributed by atoms with Crippen molar-refractivity contribution in [3.8, 4) is 0 Å². The maximum absolute atomic E-state index is 8.00. The first-order valence-electron chi connectivity index (χ1n) is 1.70. The molecule has 0 aliphatic heterocycles. The summed E-state index contributed by atoms with van der Waals surface area (Å²) in [7, 11) is 0.417. The Kier molecular flexibility index (Phi) is 73.0. The molecule has 0 aromatic carbocycles. The summed E-state index contributed by atoms with van der Waals surface area (Å²) in [6.45, 7) is 6.53. The van der Waals surface area contributed by atoms with Gasteiger partial charge in [0, 0.05) is 9.52 Å². The van der Waals surface area contributed by atoms with Crippen LogP contribution in [0, 0.1) is 0 Å². The SMILES string of the molecule is C=O.C[SiH2]C. The lowest BCUT2D eigenvalue weighted by molar-refractivity contribution is -0.0979. The first-order chi connectivity index (χ1) is 2.41. The number of hydrogen-bond donors (Lipinski definition) is 0. The van der Waals surface area contributed by atoms with Crippen LogP contribution in [-0.2, 0) is 4.79 Å². The van der Waals surface area contributed by atoms with Crippen LogP contribution in [0.25, 0.3) is 0 Å². The highest BCUT2D eigenvalue weighted by Gasteiger charge is 1.38. The normalized spacial score (nSPS) is 4.40. The summed E-state index contributed by atoms with van der Waals surface area (Å²) in [6.07, 6.45) is 0. The van der Waals surface area contributed by atoms with Crippen molar-refractivity contribution < 1.29 is 4.79 Å². The van der Waals surface area contributed by atoms with Crippen LogP contribution in [0.5, 0.6) is 0 Å². The summed E-state index contributed by atoms with van der Waals surface area (Å²) in [4.78, 5) is 8.00. The molecule has 0 heterocycles. The fraction of sp³-hybridized carbons (Fsp3) is 0.667. The van der Waals surface area contributed by atoms with Gasteiger partial charge in [0.25, 0.3) is 0 Å². The Labute approximate surface area is 35.2 Å². The average Bonchev–Trinajstić information content (AvgIpc) is 1.46. The molecule has 0 unspecified atom stereocenters. The summed E-state index contributed by atoms with van der Waals surface area (Å²) in [6, 6.07) is 0. The van der Waals surface area contributed by atoms with E-state index in [1.807, 2.05) is 6.79 Å². The number of hydrogen-bond acceptors (Lipinski definition) is 1.